The Labute approximate surface area is 120 Å². The summed E-state index contributed by atoms with van der Waals surface area (Å²) in [7, 11) is 5.20. The summed E-state index contributed by atoms with van der Waals surface area (Å²) < 4.78 is 5.10. The zero-order valence-corrected chi connectivity index (χ0v) is 12.9. The molecule has 0 rings (SSSR count). The van der Waals surface area contributed by atoms with Crippen LogP contribution in [0.3, 0.4) is 0 Å². The number of hydrogen-bond acceptors (Lipinski definition) is 6. The summed E-state index contributed by atoms with van der Waals surface area (Å²) in [6, 6.07) is -1.20. The van der Waals surface area contributed by atoms with Crippen LogP contribution in [0.15, 0.2) is 0 Å². The second kappa shape index (κ2) is 8.65. The summed E-state index contributed by atoms with van der Waals surface area (Å²) in [5.74, 6) is -1.09. The van der Waals surface area contributed by atoms with E-state index in [-0.39, 0.29) is 30.8 Å². The van der Waals surface area contributed by atoms with Crippen LogP contribution in [0.25, 0.3) is 0 Å². The number of ketones is 1. The van der Waals surface area contributed by atoms with Gasteiger partial charge >= 0.3 is 5.97 Å². The Kier molecular flexibility index (Phi) is 8.02. The first kappa shape index (κ1) is 18.5. The number of carbonyl (C=O) groups excluding carboxylic acids is 3. The van der Waals surface area contributed by atoms with Crippen LogP contribution in [0.2, 0.25) is 0 Å². The highest BCUT2D eigenvalue weighted by Crippen LogP contribution is 2.06. The van der Waals surface area contributed by atoms with Crippen molar-refractivity contribution in [1.82, 2.24) is 9.80 Å². The lowest BCUT2D eigenvalue weighted by Crippen LogP contribution is -2.45. The third-order valence-electron chi connectivity index (χ3n) is 2.76. The van der Waals surface area contributed by atoms with Gasteiger partial charge in [0.05, 0.1) is 6.04 Å². The predicted molar refractivity (Wildman–Crippen MR) is 75.0 cm³/mol. The first-order chi connectivity index (χ1) is 9.15. The molecule has 0 heterocycles. The number of Topliss-reactive ketones (excluding diaryl/α,β-unsaturated/α-hetero) is 1. The van der Waals surface area contributed by atoms with E-state index in [4.69, 9.17) is 10.5 Å². The molecule has 2 N–H and O–H groups in total. The highest BCUT2D eigenvalue weighted by Gasteiger charge is 2.28. The highest BCUT2D eigenvalue weighted by atomic mass is 16.5. The molecule has 7 nitrogen and oxygen atoms in total. The number of likely N-dealkylation sites (N-methyl/N-ethyl adjacent to an activating group) is 2. The van der Waals surface area contributed by atoms with E-state index in [2.05, 4.69) is 0 Å². The molecule has 0 saturated carbocycles. The van der Waals surface area contributed by atoms with Crippen LogP contribution in [0, 0.1) is 0 Å². The van der Waals surface area contributed by atoms with E-state index in [1.165, 1.54) is 25.8 Å². The molecule has 0 aromatic heterocycles. The molecule has 0 aliphatic rings. The Morgan fingerprint density at radius 2 is 1.70 bits per heavy atom. The van der Waals surface area contributed by atoms with Crippen LogP contribution in [0.5, 0.6) is 0 Å². The standard InChI is InChI=1S/C13H25N3O4/c1-9(17)6-12(16(5)10(2)18)13(19)20-8-11(14)7-15(3)4/h11-12H,6-8,14H2,1-5H3/t11-,12+/m1/s1. The summed E-state index contributed by atoms with van der Waals surface area (Å²) in [6.45, 7) is 3.33. The number of nitrogens with zero attached hydrogens (tertiary/aromatic N) is 2. The number of ether oxygens (including phenoxy) is 1. The minimum Gasteiger partial charge on any atom is -0.462 e. The number of nitrogens with two attached hydrogens (primary N) is 1. The van der Waals surface area contributed by atoms with Gasteiger partial charge in [0.15, 0.2) is 0 Å². The smallest absolute Gasteiger partial charge is 0.329 e. The Bertz CT molecular complexity index is 358. The van der Waals surface area contributed by atoms with Crippen molar-refractivity contribution in [3.05, 3.63) is 0 Å². The van der Waals surface area contributed by atoms with Gasteiger partial charge in [0, 0.05) is 26.9 Å². The SMILES string of the molecule is CC(=O)C[C@@H](C(=O)OC[C@H](N)CN(C)C)N(C)C(C)=O. The van der Waals surface area contributed by atoms with Crippen LogP contribution in [-0.4, -0.2) is 73.8 Å². The third kappa shape index (κ3) is 7.20. The van der Waals surface area contributed by atoms with Crippen molar-refractivity contribution in [3.63, 3.8) is 0 Å². The molecule has 0 saturated heterocycles. The summed E-state index contributed by atoms with van der Waals surface area (Å²) in [5, 5.41) is 0. The maximum absolute atomic E-state index is 12.0. The van der Waals surface area contributed by atoms with Gasteiger partial charge in [-0.15, -0.1) is 0 Å². The van der Waals surface area contributed by atoms with E-state index in [0.29, 0.717) is 6.54 Å². The van der Waals surface area contributed by atoms with Crippen LogP contribution in [0.1, 0.15) is 20.3 Å². The fraction of sp³-hybridized carbons (Fsp3) is 0.769. The minimum atomic E-state index is -0.892. The summed E-state index contributed by atoms with van der Waals surface area (Å²) in [4.78, 5) is 37.6. The first-order valence-electron chi connectivity index (χ1n) is 6.45. The maximum atomic E-state index is 12.0. The molecule has 0 aliphatic carbocycles. The van der Waals surface area contributed by atoms with Crippen LogP contribution < -0.4 is 5.73 Å². The second-order valence-electron chi connectivity index (χ2n) is 5.20. The topological polar surface area (TPSA) is 92.9 Å². The Morgan fingerprint density at radius 3 is 2.10 bits per heavy atom. The van der Waals surface area contributed by atoms with Gasteiger partial charge in [-0.05, 0) is 21.0 Å². The van der Waals surface area contributed by atoms with E-state index >= 15 is 0 Å². The lowest BCUT2D eigenvalue weighted by atomic mass is 10.1. The summed E-state index contributed by atoms with van der Waals surface area (Å²) in [6.07, 6.45) is -0.0577. The lowest BCUT2D eigenvalue weighted by Gasteiger charge is -2.25. The molecule has 0 unspecified atom stereocenters. The van der Waals surface area contributed by atoms with Crippen molar-refractivity contribution in [2.24, 2.45) is 5.73 Å². The number of carbonyl (C=O) groups is 3. The molecule has 20 heavy (non-hydrogen) atoms. The van der Waals surface area contributed by atoms with Crippen LogP contribution in [-0.2, 0) is 19.1 Å². The van der Waals surface area contributed by atoms with Gasteiger partial charge in [0.25, 0.3) is 0 Å². The van der Waals surface area contributed by atoms with Gasteiger partial charge in [0.1, 0.15) is 18.4 Å². The predicted octanol–water partition coefficient (Wildman–Crippen LogP) is -0.755. The van der Waals surface area contributed by atoms with Crippen molar-refractivity contribution in [2.45, 2.75) is 32.4 Å². The average Bonchev–Trinajstić information content (AvgIpc) is 2.30. The fourth-order valence-electron chi connectivity index (χ4n) is 1.68. The normalized spacial score (nSPS) is 13.8. The summed E-state index contributed by atoms with van der Waals surface area (Å²) >= 11 is 0. The van der Waals surface area contributed by atoms with Gasteiger partial charge in [-0.2, -0.15) is 0 Å². The van der Waals surface area contributed by atoms with E-state index < -0.39 is 12.0 Å². The minimum absolute atomic E-state index is 0.0527. The fourth-order valence-corrected chi connectivity index (χ4v) is 1.68. The quantitative estimate of drug-likeness (QED) is 0.590. The van der Waals surface area contributed by atoms with Gasteiger partial charge in [-0.3, -0.25) is 9.59 Å². The van der Waals surface area contributed by atoms with E-state index in [1.807, 2.05) is 19.0 Å². The van der Waals surface area contributed by atoms with Crippen molar-refractivity contribution < 1.29 is 19.1 Å². The molecule has 0 spiro atoms. The number of amides is 1. The van der Waals surface area contributed by atoms with Gasteiger partial charge < -0.3 is 20.3 Å². The van der Waals surface area contributed by atoms with Gasteiger partial charge in [-0.1, -0.05) is 0 Å². The largest absolute Gasteiger partial charge is 0.462 e. The molecule has 0 fully saturated rings. The molecule has 1 amide bonds. The molecule has 0 aromatic carbocycles. The van der Waals surface area contributed by atoms with Crippen molar-refractivity contribution in [3.8, 4) is 0 Å². The number of rotatable bonds is 8. The van der Waals surface area contributed by atoms with Crippen LogP contribution in [0.4, 0.5) is 0 Å². The zero-order valence-electron chi connectivity index (χ0n) is 12.9. The molecule has 0 aromatic rings. The summed E-state index contributed by atoms with van der Waals surface area (Å²) in [5.41, 5.74) is 5.79. The van der Waals surface area contributed by atoms with E-state index in [1.54, 1.807) is 0 Å². The second-order valence-corrected chi connectivity index (χ2v) is 5.20. The molecular weight excluding hydrogens is 262 g/mol. The lowest BCUT2D eigenvalue weighted by molar-refractivity contribution is -0.155. The Morgan fingerprint density at radius 1 is 1.15 bits per heavy atom. The molecule has 2 atom stereocenters. The molecule has 116 valence electrons. The van der Waals surface area contributed by atoms with Crippen molar-refractivity contribution in [2.75, 3.05) is 34.3 Å². The van der Waals surface area contributed by atoms with E-state index in [0.717, 1.165) is 0 Å². The Balaban J connectivity index is 4.55. The van der Waals surface area contributed by atoms with Crippen molar-refractivity contribution in [1.29, 1.82) is 0 Å². The first-order valence-corrected chi connectivity index (χ1v) is 6.45. The molecule has 0 aliphatic heterocycles. The van der Waals surface area contributed by atoms with Crippen molar-refractivity contribution >= 4 is 17.7 Å². The van der Waals surface area contributed by atoms with Crippen LogP contribution >= 0.6 is 0 Å². The van der Waals surface area contributed by atoms with Gasteiger partial charge in [0.2, 0.25) is 5.91 Å². The monoisotopic (exact) mass is 287 g/mol. The average molecular weight is 287 g/mol. The number of esters is 1. The maximum Gasteiger partial charge on any atom is 0.329 e. The molecule has 7 heteroatoms. The molecular formula is C13H25N3O4. The highest BCUT2D eigenvalue weighted by molar-refractivity contribution is 5.88. The van der Waals surface area contributed by atoms with E-state index in [9.17, 15) is 14.4 Å². The number of hydrogen-bond donors (Lipinski definition) is 1. The zero-order chi connectivity index (χ0) is 15.9. The Hall–Kier alpha value is -1.47. The molecule has 0 radical (unpaired) electrons. The van der Waals surface area contributed by atoms with Gasteiger partial charge in [-0.25, -0.2) is 4.79 Å². The molecule has 0 bridgehead atoms. The third-order valence-corrected chi connectivity index (χ3v) is 2.76.